The zero-order chi connectivity index (χ0) is 21.6. The van der Waals surface area contributed by atoms with Gasteiger partial charge in [-0.3, -0.25) is 4.79 Å². The van der Waals surface area contributed by atoms with Crippen LogP contribution >= 0.6 is 0 Å². The maximum absolute atomic E-state index is 13.2. The summed E-state index contributed by atoms with van der Waals surface area (Å²) < 4.78 is 29.8. The lowest BCUT2D eigenvalue weighted by Gasteiger charge is -2.29. The summed E-state index contributed by atoms with van der Waals surface area (Å²) >= 11 is 0. The van der Waals surface area contributed by atoms with Gasteiger partial charge in [-0.1, -0.05) is 12.1 Å². The maximum atomic E-state index is 13.2. The predicted molar refractivity (Wildman–Crippen MR) is 116 cm³/mol. The summed E-state index contributed by atoms with van der Waals surface area (Å²) in [7, 11) is -1.46. The normalized spacial score (nSPS) is 22.1. The van der Waals surface area contributed by atoms with Gasteiger partial charge in [0.15, 0.2) is 0 Å². The zero-order valence-corrected chi connectivity index (χ0v) is 18.1. The highest BCUT2D eigenvalue weighted by Gasteiger charge is 2.43. The average Bonchev–Trinajstić information content (AvgIpc) is 3.35. The van der Waals surface area contributed by atoms with Crippen LogP contribution in [0, 0.1) is 5.92 Å². The van der Waals surface area contributed by atoms with Crippen molar-refractivity contribution in [3.63, 3.8) is 0 Å². The Morgan fingerprint density at radius 3 is 2.74 bits per heavy atom. The highest BCUT2D eigenvalue weighted by Crippen LogP contribution is 2.33. The van der Waals surface area contributed by atoms with E-state index < -0.39 is 10.0 Å². The van der Waals surface area contributed by atoms with E-state index in [1.165, 1.54) is 0 Å². The van der Waals surface area contributed by atoms with Crippen molar-refractivity contribution in [2.75, 3.05) is 26.7 Å². The Kier molecular flexibility index (Phi) is 5.04. The van der Waals surface area contributed by atoms with Crippen molar-refractivity contribution in [1.82, 2.24) is 23.9 Å². The minimum absolute atomic E-state index is 0.0561. The number of aromatic nitrogens is 2. The Morgan fingerprint density at radius 2 is 1.94 bits per heavy atom. The standard InChI is InChI=1S/C22H25N5O3S/c1-25-12-17-10-19(15-25)27(13-17)31(29,30)20-5-2-16(3-6-20)11-24-22(28)18-4-7-21-23-8-9-26(21)14-18/h2-9,14,17,19H,10-13,15H2,1H3,(H,24,28)/t17-,19+/m0/s1. The number of fused-ring (bicyclic) bond motifs is 3. The van der Waals surface area contributed by atoms with Crippen LogP contribution in [0.3, 0.4) is 0 Å². The number of imidazole rings is 1. The first kappa shape index (κ1) is 20.2. The molecule has 0 saturated carbocycles. The molecule has 1 amide bonds. The number of piperidine rings is 1. The molecule has 2 aliphatic rings. The molecule has 8 nitrogen and oxygen atoms in total. The van der Waals surface area contributed by atoms with Crippen molar-refractivity contribution in [3.05, 3.63) is 66.1 Å². The fourth-order valence-corrected chi connectivity index (χ4v) is 6.40. The highest BCUT2D eigenvalue weighted by atomic mass is 32.2. The molecule has 31 heavy (non-hydrogen) atoms. The minimum atomic E-state index is -3.51. The lowest BCUT2D eigenvalue weighted by atomic mass is 10.0. The number of hydrogen-bond donors (Lipinski definition) is 1. The van der Waals surface area contributed by atoms with Gasteiger partial charge in [-0.25, -0.2) is 13.4 Å². The van der Waals surface area contributed by atoms with E-state index in [9.17, 15) is 13.2 Å². The molecular formula is C22H25N5O3S. The number of hydrogen-bond acceptors (Lipinski definition) is 5. The van der Waals surface area contributed by atoms with Gasteiger partial charge in [0.05, 0.1) is 10.5 Å². The Morgan fingerprint density at radius 1 is 1.13 bits per heavy atom. The molecule has 5 rings (SSSR count). The van der Waals surface area contributed by atoms with Crippen LogP contribution < -0.4 is 5.32 Å². The van der Waals surface area contributed by atoms with Crippen molar-refractivity contribution in [2.45, 2.75) is 23.9 Å². The first-order chi connectivity index (χ1) is 14.9. The molecule has 1 N–H and O–H groups in total. The number of nitrogens with zero attached hydrogens (tertiary/aromatic N) is 4. The predicted octanol–water partition coefficient (Wildman–Crippen LogP) is 1.59. The number of sulfonamides is 1. The van der Waals surface area contributed by atoms with Crippen LogP contribution in [0.2, 0.25) is 0 Å². The van der Waals surface area contributed by atoms with E-state index in [0.717, 1.165) is 30.7 Å². The second kappa shape index (κ2) is 7.74. The summed E-state index contributed by atoms with van der Waals surface area (Å²) in [6.45, 7) is 2.65. The molecule has 3 aromatic rings. The fraction of sp³-hybridized carbons (Fsp3) is 0.364. The maximum Gasteiger partial charge on any atom is 0.253 e. The lowest BCUT2D eigenvalue weighted by molar-refractivity contribution is 0.0950. The number of benzene rings is 1. The second-order valence-electron chi connectivity index (χ2n) is 8.49. The third-order valence-electron chi connectivity index (χ3n) is 6.18. The average molecular weight is 440 g/mol. The Hall–Kier alpha value is -2.75. The fourth-order valence-electron chi connectivity index (χ4n) is 4.70. The summed E-state index contributed by atoms with van der Waals surface area (Å²) in [5.41, 5.74) is 2.16. The molecule has 0 radical (unpaired) electrons. The largest absolute Gasteiger partial charge is 0.348 e. The summed E-state index contributed by atoms with van der Waals surface area (Å²) in [6.07, 6.45) is 6.15. The molecule has 2 aliphatic heterocycles. The third-order valence-corrected chi connectivity index (χ3v) is 8.11. The number of carbonyl (C=O) groups is 1. The molecule has 9 heteroatoms. The molecule has 2 fully saturated rings. The molecule has 0 unspecified atom stereocenters. The number of nitrogens with one attached hydrogen (secondary N) is 1. The van der Waals surface area contributed by atoms with Crippen molar-refractivity contribution in [2.24, 2.45) is 5.92 Å². The van der Waals surface area contributed by atoms with Crippen molar-refractivity contribution >= 4 is 21.6 Å². The van der Waals surface area contributed by atoms with Gasteiger partial charge in [0.25, 0.3) is 5.91 Å². The summed E-state index contributed by atoms with van der Waals surface area (Å²) in [5.74, 6) is 0.218. The number of pyridine rings is 1. The molecule has 2 saturated heterocycles. The molecule has 0 spiro atoms. The highest BCUT2D eigenvalue weighted by molar-refractivity contribution is 7.89. The Labute approximate surface area is 181 Å². The van der Waals surface area contributed by atoms with Crippen LogP contribution in [-0.2, 0) is 16.6 Å². The molecule has 2 bridgehead atoms. The van der Waals surface area contributed by atoms with Crippen LogP contribution in [0.4, 0.5) is 0 Å². The van der Waals surface area contributed by atoms with E-state index in [0.29, 0.717) is 29.5 Å². The Balaban J connectivity index is 1.25. The van der Waals surface area contributed by atoms with Gasteiger partial charge in [-0.15, -0.1) is 0 Å². The van der Waals surface area contributed by atoms with Gasteiger partial charge in [-0.2, -0.15) is 4.31 Å². The van der Waals surface area contributed by atoms with Crippen molar-refractivity contribution in [1.29, 1.82) is 0 Å². The molecule has 2 aromatic heterocycles. The third kappa shape index (κ3) is 3.84. The Bertz CT molecular complexity index is 1220. The van der Waals surface area contributed by atoms with Crippen LogP contribution in [0.1, 0.15) is 22.3 Å². The number of amides is 1. The lowest BCUT2D eigenvalue weighted by Crippen LogP contribution is -2.42. The first-order valence-electron chi connectivity index (χ1n) is 10.4. The van der Waals surface area contributed by atoms with Gasteiger partial charge in [0, 0.05) is 50.8 Å². The van der Waals surface area contributed by atoms with Crippen LogP contribution in [-0.4, -0.2) is 65.6 Å². The van der Waals surface area contributed by atoms with E-state index in [1.807, 2.05) is 7.05 Å². The van der Waals surface area contributed by atoms with Crippen LogP contribution in [0.15, 0.2) is 59.9 Å². The molecule has 2 atom stereocenters. The topological polar surface area (TPSA) is 87.0 Å². The summed E-state index contributed by atoms with van der Waals surface area (Å²) in [5, 5.41) is 2.88. The first-order valence-corrected chi connectivity index (χ1v) is 11.8. The van der Waals surface area contributed by atoms with Gasteiger partial charge < -0.3 is 14.6 Å². The van der Waals surface area contributed by atoms with Crippen LogP contribution in [0.5, 0.6) is 0 Å². The SMILES string of the molecule is CN1C[C@@H]2C[C@H](C1)N(S(=O)(=O)c1ccc(CNC(=O)c3ccc4nccn4c3)cc1)C2. The van der Waals surface area contributed by atoms with Gasteiger partial charge >= 0.3 is 0 Å². The van der Waals surface area contributed by atoms with Crippen molar-refractivity contribution < 1.29 is 13.2 Å². The molecule has 162 valence electrons. The summed E-state index contributed by atoms with van der Waals surface area (Å²) in [4.78, 5) is 19.2. The van der Waals surface area contributed by atoms with Crippen LogP contribution in [0.25, 0.3) is 5.65 Å². The van der Waals surface area contributed by atoms with E-state index in [4.69, 9.17) is 0 Å². The van der Waals surface area contributed by atoms with E-state index >= 15 is 0 Å². The minimum Gasteiger partial charge on any atom is -0.348 e. The number of rotatable bonds is 5. The van der Waals surface area contributed by atoms with E-state index in [2.05, 4.69) is 15.2 Å². The number of likely N-dealkylation sites (tertiary alicyclic amines) is 1. The smallest absolute Gasteiger partial charge is 0.253 e. The zero-order valence-electron chi connectivity index (χ0n) is 17.3. The molecular weight excluding hydrogens is 414 g/mol. The second-order valence-corrected chi connectivity index (χ2v) is 10.4. The van der Waals surface area contributed by atoms with Crippen molar-refractivity contribution in [3.8, 4) is 0 Å². The van der Waals surface area contributed by atoms with E-state index in [-0.39, 0.29) is 11.9 Å². The summed E-state index contributed by atoms with van der Waals surface area (Å²) in [6, 6.07) is 10.4. The van der Waals surface area contributed by atoms with Gasteiger partial charge in [0.1, 0.15) is 5.65 Å². The number of likely N-dealkylation sites (N-methyl/N-ethyl adjacent to an activating group) is 1. The quantitative estimate of drug-likeness (QED) is 0.652. The van der Waals surface area contributed by atoms with E-state index in [1.54, 1.807) is 63.7 Å². The van der Waals surface area contributed by atoms with Gasteiger partial charge in [0.2, 0.25) is 10.0 Å². The number of carbonyl (C=O) groups excluding carboxylic acids is 1. The molecule has 0 aliphatic carbocycles. The molecule has 1 aromatic carbocycles. The molecule has 4 heterocycles. The monoisotopic (exact) mass is 439 g/mol. The van der Waals surface area contributed by atoms with Gasteiger partial charge in [-0.05, 0) is 49.2 Å².